The van der Waals surface area contributed by atoms with Crippen molar-refractivity contribution < 1.29 is 18.3 Å². The quantitative estimate of drug-likeness (QED) is 0.645. The molecule has 3 aromatic heterocycles. The molecule has 3 heterocycles. The van der Waals surface area contributed by atoms with Crippen LogP contribution in [-0.4, -0.2) is 20.8 Å². The van der Waals surface area contributed by atoms with Crippen LogP contribution in [0.3, 0.4) is 0 Å². The monoisotopic (exact) mass is 371 g/mol. The zero-order valence-electron chi connectivity index (χ0n) is 14.6. The smallest absolute Gasteiger partial charge is 0.259 e. The number of aryl methyl sites for hydroxylation is 2. The Labute approximate surface area is 153 Å². The van der Waals surface area contributed by atoms with E-state index >= 15 is 0 Å². The Morgan fingerprint density at radius 1 is 1.11 bits per heavy atom. The lowest BCUT2D eigenvalue weighted by molar-refractivity contribution is 0.111. The molecule has 0 saturated carbocycles. The number of hydrogen-bond acceptors (Lipinski definition) is 5. The number of rotatable bonds is 5. The van der Waals surface area contributed by atoms with Crippen molar-refractivity contribution in [3.63, 3.8) is 0 Å². The van der Waals surface area contributed by atoms with Crippen LogP contribution in [0.1, 0.15) is 27.4 Å². The second kappa shape index (κ2) is 7.45. The van der Waals surface area contributed by atoms with Gasteiger partial charge in [-0.15, -0.1) is 0 Å². The average Bonchev–Trinajstić information content (AvgIpc) is 2.62. The lowest BCUT2D eigenvalue weighted by atomic mass is 10.2. The molecule has 0 atom stereocenters. The fourth-order valence-corrected chi connectivity index (χ4v) is 2.60. The number of hydrogen-bond donors (Lipinski definition) is 0. The van der Waals surface area contributed by atoms with Gasteiger partial charge in [-0.1, -0.05) is 0 Å². The molecule has 0 aliphatic heterocycles. The maximum atomic E-state index is 13.6. The summed E-state index contributed by atoms with van der Waals surface area (Å²) < 4.78 is 33.4. The Bertz CT molecular complexity index is 1080. The van der Waals surface area contributed by atoms with Crippen molar-refractivity contribution in [1.82, 2.24) is 14.5 Å². The first-order valence-corrected chi connectivity index (χ1v) is 7.97. The standard InChI is InChI=1S/C19H15F2N3O3/c1-11-7-22-14(9-25)5-18(11)24-12(2)3-15(6-19(24)26)27-10-17-16(21)4-13(20)8-23-17/h3-9H,10H2,1-2H3. The van der Waals surface area contributed by atoms with Crippen molar-refractivity contribution in [3.8, 4) is 11.4 Å². The van der Waals surface area contributed by atoms with Crippen LogP contribution in [0.25, 0.3) is 5.69 Å². The highest BCUT2D eigenvalue weighted by atomic mass is 19.1. The Balaban J connectivity index is 1.91. The molecular formula is C19H15F2N3O3. The number of carbonyl (C=O) groups excluding carboxylic acids is 1. The molecule has 0 bridgehead atoms. The van der Waals surface area contributed by atoms with Crippen LogP contribution in [0, 0.1) is 25.5 Å². The van der Waals surface area contributed by atoms with Gasteiger partial charge in [-0.25, -0.2) is 8.78 Å². The highest BCUT2D eigenvalue weighted by Gasteiger charge is 2.12. The second-order valence-corrected chi connectivity index (χ2v) is 5.89. The number of aldehydes is 1. The third-order valence-electron chi connectivity index (χ3n) is 3.91. The summed E-state index contributed by atoms with van der Waals surface area (Å²) in [4.78, 5) is 31.1. The first kappa shape index (κ1) is 18.4. The molecule has 0 spiro atoms. The minimum Gasteiger partial charge on any atom is -0.487 e. The lowest BCUT2D eigenvalue weighted by Gasteiger charge is -2.14. The largest absolute Gasteiger partial charge is 0.487 e. The first-order valence-electron chi connectivity index (χ1n) is 7.97. The molecule has 3 rings (SSSR count). The SMILES string of the molecule is Cc1cnc(C=O)cc1-n1c(C)cc(OCc2ncc(F)cc2F)cc1=O. The highest BCUT2D eigenvalue weighted by molar-refractivity contribution is 5.73. The van der Waals surface area contributed by atoms with Crippen molar-refractivity contribution in [2.24, 2.45) is 0 Å². The minimum atomic E-state index is -0.825. The number of halogens is 2. The molecule has 0 saturated heterocycles. The molecular weight excluding hydrogens is 356 g/mol. The molecule has 27 heavy (non-hydrogen) atoms. The van der Waals surface area contributed by atoms with E-state index in [0.29, 0.717) is 23.7 Å². The van der Waals surface area contributed by atoms with Crippen LogP contribution in [0.4, 0.5) is 8.78 Å². The minimum absolute atomic E-state index is 0.0705. The van der Waals surface area contributed by atoms with Gasteiger partial charge < -0.3 is 4.74 Å². The second-order valence-electron chi connectivity index (χ2n) is 5.89. The van der Waals surface area contributed by atoms with E-state index in [1.807, 2.05) is 0 Å². The molecule has 0 aromatic carbocycles. The Morgan fingerprint density at radius 3 is 2.56 bits per heavy atom. The molecule has 6 nitrogen and oxygen atoms in total. The van der Waals surface area contributed by atoms with Crippen molar-refractivity contribution in [3.05, 3.63) is 81.3 Å². The van der Waals surface area contributed by atoms with Crippen molar-refractivity contribution in [2.75, 3.05) is 0 Å². The van der Waals surface area contributed by atoms with Gasteiger partial charge in [-0.2, -0.15) is 0 Å². The number of aromatic nitrogens is 3. The Kier molecular flexibility index (Phi) is 5.07. The van der Waals surface area contributed by atoms with E-state index < -0.39 is 11.6 Å². The van der Waals surface area contributed by atoms with E-state index in [1.54, 1.807) is 19.9 Å². The van der Waals surface area contributed by atoms with E-state index in [4.69, 9.17) is 4.74 Å². The van der Waals surface area contributed by atoms with E-state index in [2.05, 4.69) is 9.97 Å². The van der Waals surface area contributed by atoms with E-state index in [0.717, 1.165) is 11.8 Å². The maximum absolute atomic E-state index is 13.6. The fourth-order valence-electron chi connectivity index (χ4n) is 2.60. The third-order valence-corrected chi connectivity index (χ3v) is 3.91. The van der Waals surface area contributed by atoms with Crippen molar-refractivity contribution in [2.45, 2.75) is 20.5 Å². The predicted molar refractivity (Wildman–Crippen MR) is 93.2 cm³/mol. The molecule has 0 aliphatic carbocycles. The summed E-state index contributed by atoms with van der Waals surface area (Å²) in [5.41, 5.74) is 1.56. The van der Waals surface area contributed by atoms with Gasteiger partial charge in [0, 0.05) is 30.1 Å². The zero-order valence-corrected chi connectivity index (χ0v) is 14.6. The van der Waals surface area contributed by atoms with Gasteiger partial charge in [-0.3, -0.25) is 24.1 Å². The number of carbonyl (C=O) groups is 1. The van der Waals surface area contributed by atoms with Crippen LogP contribution >= 0.6 is 0 Å². The fraction of sp³-hybridized carbons (Fsp3) is 0.158. The van der Waals surface area contributed by atoms with E-state index in [1.165, 1.54) is 22.9 Å². The maximum Gasteiger partial charge on any atom is 0.259 e. The highest BCUT2D eigenvalue weighted by Crippen LogP contribution is 2.18. The zero-order chi connectivity index (χ0) is 19.6. The van der Waals surface area contributed by atoms with Gasteiger partial charge in [0.25, 0.3) is 5.56 Å². The molecule has 0 aliphatic rings. The average molecular weight is 371 g/mol. The van der Waals surface area contributed by atoms with E-state index in [-0.39, 0.29) is 29.3 Å². The van der Waals surface area contributed by atoms with Gasteiger partial charge >= 0.3 is 0 Å². The summed E-state index contributed by atoms with van der Waals surface area (Å²) in [6.45, 7) is 3.22. The Morgan fingerprint density at radius 2 is 1.89 bits per heavy atom. The van der Waals surface area contributed by atoms with Crippen molar-refractivity contribution >= 4 is 6.29 Å². The van der Waals surface area contributed by atoms with Gasteiger partial charge in [0.05, 0.1) is 11.9 Å². The van der Waals surface area contributed by atoms with Gasteiger partial charge in [-0.05, 0) is 25.5 Å². The van der Waals surface area contributed by atoms with Gasteiger partial charge in [0.1, 0.15) is 29.6 Å². The third kappa shape index (κ3) is 3.89. The van der Waals surface area contributed by atoms with Crippen LogP contribution in [0.15, 0.2) is 41.5 Å². The number of ether oxygens (including phenoxy) is 1. The molecule has 0 unspecified atom stereocenters. The Hall–Kier alpha value is -3.42. The summed E-state index contributed by atoms with van der Waals surface area (Å²) in [5, 5.41) is 0. The first-order chi connectivity index (χ1) is 12.9. The normalized spacial score (nSPS) is 10.7. The predicted octanol–water partition coefficient (Wildman–Crippen LogP) is 2.91. The van der Waals surface area contributed by atoms with Crippen LogP contribution in [-0.2, 0) is 6.61 Å². The summed E-state index contributed by atoms with van der Waals surface area (Å²) in [6, 6.07) is 5.08. The number of pyridine rings is 3. The molecule has 138 valence electrons. The van der Waals surface area contributed by atoms with Crippen LogP contribution in [0.5, 0.6) is 5.75 Å². The lowest BCUT2D eigenvalue weighted by Crippen LogP contribution is -2.21. The topological polar surface area (TPSA) is 74.1 Å². The molecule has 0 radical (unpaired) electrons. The molecule has 0 amide bonds. The summed E-state index contributed by atoms with van der Waals surface area (Å²) >= 11 is 0. The number of nitrogens with zero attached hydrogens (tertiary/aromatic N) is 3. The summed E-state index contributed by atoms with van der Waals surface area (Å²) in [7, 11) is 0. The summed E-state index contributed by atoms with van der Waals surface area (Å²) in [6.07, 6.45) is 3.01. The van der Waals surface area contributed by atoms with E-state index in [9.17, 15) is 18.4 Å². The van der Waals surface area contributed by atoms with Crippen LogP contribution < -0.4 is 10.3 Å². The molecule has 0 fully saturated rings. The van der Waals surface area contributed by atoms with Gasteiger partial charge in [0.15, 0.2) is 12.1 Å². The molecule has 8 heteroatoms. The summed E-state index contributed by atoms with van der Waals surface area (Å²) in [5.74, 6) is -1.38. The van der Waals surface area contributed by atoms with Crippen LogP contribution in [0.2, 0.25) is 0 Å². The van der Waals surface area contributed by atoms with Crippen molar-refractivity contribution in [1.29, 1.82) is 0 Å². The molecule has 0 N–H and O–H groups in total. The van der Waals surface area contributed by atoms with Gasteiger partial charge in [0.2, 0.25) is 0 Å². The molecule has 3 aromatic rings.